The summed E-state index contributed by atoms with van der Waals surface area (Å²) in [7, 11) is 0. The molecule has 2 aromatic heterocycles. The molecule has 2 N–H and O–H groups in total. The first-order valence-electron chi connectivity index (χ1n) is 8.06. The van der Waals surface area contributed by atoms with E-state index in [2.05, 4.69) is 10.2 Å². The third-order valence-electron chi connectivity index (χ3n) is 4.23. The van der Waals surface area contributed by atoms with Crippen LogP contribution in [-0.4, -0.2) is 52.7 Å². The minimum Gasteiger partial charge on any atom is -0.342 e. The number of hydrogen-bond donors (Lipinski definition) is 2. The highest BCUT2D eigenvalue weighted by Crippen LogP contribution is 2.28. The molecule has 0 spiro atoms. The summed E-state index contributed by atoms with van der Waals surface area (Å²) >= 11 is 1.40. The minimum absolute atomic E-state index is 0.00952. The van der Waals surface area contributed by atoms with Crippen LogP contribution in [0.1, 0.15) is 44.6 Å². The number of alkyl halides is 3. The van der Waals surface area contributed by atoms with Crippen LogP contribution in [0.25, 0.3) is 0 Å². The van der Waals surface area contributed by atoms with Gasteiger partial charge >= 0.3 is 6.18 Å². The summed E-state index contributed by atoms with van der Waals surface area (Å²) in [5, 5.41) is 10.2. The predicted octanol–water partition coefficient (Wildman–Crippen LogP) is 2.78. The van der Waals surface area contributed by atoms with Crippen LogP contribution < -0.4 is 5.32 Å². The second-order valence-electron chi connectivity index (χ2n) is 6.05. The summed E-state index contributed by atoms with van der Waals surface area (Å²) in [6.45, 7) is -0.233. The number of halogens is 3. The van der Waals surface area contributed by atoms with Gasteiger partial charge in [0.1, 0.15) is 12.2 Å². The highest BCUT2D eigenvalue weighted by Gasteiger charge is 2.29. The molecule has 6 nitrogen and oxygen atoms in total. The second-order valence-corrected chi connectivity index (χ2v) is 7.00. The Bertz CT molecular complexity index is 765. The summed E-state index contributed by atoms with van der Waals surface area (Å²) in [4.78, 5) is 26.5. The van der Waals surface area contributed by atoms with Crippen LogP contribution in [0, 0.1) is 0 Å². The van der Waals surface area contributed by atoms with Crippen LogP contribution in [0.4, 0.5) is 13.2 Å². The molecular formula is C16H17F3N4O2S. The maximum Gasteiger partial charge on any atom is 0.405 e. The first kappa shape index (κ1) is 18.4. The van der Waals surface area contributed by atoms with E-state index in [1.165, 1.54) is 17.4 Å². The Labute approximate surface area is 151 Å². The Morgan fingerprint density at radius 1 is 1.35 bits per heavy atom. The van der Waals surface area contributed by atoms with Crippen molar-refractivity contribution in [3.8, 4) is 0 Å². The lowest BCUT2D eigenvalue weighted by molar-refractivity contribution is -0.123. The lowest BCUT2D eigenvalue weighted by Crippen LogP contribution is -2.37. The van der Waals surface area contributed by atoms with Gasteiger partial charge in [-0.05, 0) is 30.4 Å². The predicted molar refractivity (Wildman–Crippen MR) is 89.2 cm³/mol. The van der Waals surface area contributed by atoms with Crippen molar-refractivity contribution in [1.82, 2.24) is 20.4 Å². The van der Waals surface area contributed by atoms with E-state index < -0.39 is 18.6 Å². The SMILES string of the molecule is O=C(NCC(F)(F)F)c1cc(C2CCN(C(=O)c3cccs3)CC2)[nH]n1. The monoisotopic (exact) mass is 386 g/mol. The fraction of sp³-hybridized carbons (Fsp3) is 0.438. The summed E-state index contributed by atoms with van der Waals surface area (Å²) in [6, 6.07) is 5.10. The van der Waals surface area contributed by atoms with E-state index >= 15 is 0 Å². The van der Waals surface area contributed by atoms with Crippen LogP contribution in [-0.2, 0) is 0 Å². The number of rotatable bonds is 4. The maximum absolute atomic E-state index is 12.3. The number of nitrogens with one attached hydrogen (secondary N) is 2. The number of likely N-dealkylation sites (tertiary alicyclic amines) is 1. The molecule has 0 unspecified atom stereocenters. The van der Waals surface area contributed by atoms with Crippen LogP contribution in [0.2, 0.25) is 0 Å². The first-order valence-corrected chi connectivity index (χ1v) is 8.94. The number of nitrogens with zero attached hydrogens (tertiary/aromatic N) is 2. The molecule has 1 aliphatic rings. The normalized spacial score (nSPS) is 15.9. The van der Waals surface area contributed by atoms with Gasteiger partial charge in [0.2, 0.25) is 0 Å². The summed E-state index contributed by atoms with van der Waals surface area (Å²) < 4.78 is 36.5. The van der Waals surface area contributed by atoms with E-state index in [-0.39, 0.29) is 17.5 Å². The Morgan fingerprint density at radius 2 is 2.08 bits per heavy atom. The standard InChI is InChI=1S/C16H17F3N4O2S/c17-16(18,19)9-20-14(24)12-8-11(21-22-12)10-3-5-23(6-4-10)15(25)13-2-1-7-26-13/h1-2,7-8,10H,3-6,9H2,(H,20,24)(H,21,22). The molecule has 0 atom stereocenters. The Kier molecular flexibility index (Phi) is 5.30. The molecule has 0 radical (unpaired) electrons. The quantitative estimate of drug-likeness (QED) is 0.848. The topological polar surface area (TPSA) is 78.1 Å². The number of carbonyl (C=O) groups excluding carboxylic acids is 2. The maximum atomic E-state index is 12.3. The largest absolute Gasteiger partial charge is 0.405 e. The molecule has 0 saturated carbocycles. The number of piperidine rings is 1. The van der Waals surface area contributed by atoms with E-state index in [1.807, 2.05) is 11.4 Å². The fourth-order valence-corrected chi connectivity index (χ4v) is 3.57. The van der Waals surface area contributed by atoms with Crippen molar-refractivity contribution in [2.45, 2.75) is 24.9 Å². The van der Waals surface area contributed by atoms with Crippen molar-refractivity contribution in [1.29, 1.82) is 0 Å². The molecule has 1 saturated heterocycles. The van der Waals surface area contributed by atoms with E-state index in [1.54, 1.807) is 16.3 Å². The molecule has 10 heteroatoms. The van der Waals surface area contributed by atoms with Gasteiger partial charge in [-0.15, -0.1) is 11.3 Å². The molecule has 3 rings (SSSR count). The third-order valence-corrected chi connectivity index (χ3v) is 5.09. The Balaban J connectivity index is 1.54. The second kappa shape index (κ2) is 7.48. The number of aromatic nitrogens is 2. The molecule has 2 aromatic rings. The zero-order chi connectivity index (χ0) is 18.7. The van der Waals surface area contributed by atoms with Gasteiger partial charge in [-0.2, -0.15) is 18.3 Å². The summed E-state index contributed by atoms with van der Waals surface area (Å²) in [5.41, 5.74) is 0.631. The lowest BCUT2D eigenvalue weighted by Gasteiger charge is -2.31. The highest BCUT2D eigenvalue weighted by atomic mass is 32.1. The van der Waals surface area contributed by atoms with E-state index in [4.69, 9.17) is 0 Å². The molecule has 0 bridgehead atoms. The smallest absolute Gasteiger partial charge is 0.342 e. The molecule has 1 aliphatic heterocycles. The zero-order valence-electron chi connectivity index (χ0n) is 13.7. The van der Waals surface area contributed by atoms with Crippen LogP contribution in [0.5, 0.6) is 0 Å². The molecule has 26 heavy (non-hydrogen) atoms. The summed E-state index contributed by atoms with van der Waals surface area (Å²) in [5.74, 6) is -0.774. The van der Waals surface area contributed by atoms with Crippen molar-refractivity contribution in [2.75, 3.05) is 19.6 Å². The molecule has 0 aliphatic carbocycles. The zero-order valence-corrected chi connectivity index (χ0v) is 14.5. The molecule has 2 amide bonds. The van der Waals surface area contributed by atoms with E-state index in [0.717, 1.165) is 0 Å². The number of amides is 2. The highest BCUT2D eigenvalue weighted by molar-refractivity contribution is 7.12. The Morgan fingerprint density at radius 3 is 2.69 bits per heavy atom. The average molecular weight is 386 g/mol. The van der Waals surface area contributed by atoms with Gasteiger partial charge in [-0.3, -0.25) is 14.7 Å². The van der Waals surface area contributed by atoms with Crippen molar-refractivity contribution in [2.24, 2.45) is 0 Å². The number of aromatic amines is 1. The van der Waals surface area contributed by atoms with Gasteiger partial charge in [-0.1, -0.05) is 6.07 Å². The van der Waals surface area contributed by atoms with Gasteiger partial charge < -0.3 is 10.2 Å². The molecule has 1 fully saturated rings. The molecular weight excluding hydrogens is 369 g/mol. The fourth-order valence-electron chi connectivity index (χ4n) is 2.88. The van der Waals surface area contributed by atoms with E-state index in [9.17, 15) is 22.8 Å². The molecule has 140 valence electrons. The number of hydrogen-bond acceptors (Lipinski definition) is 4. The number of H-pyrrole nitrogens is 1. The van der Waals surface area contributed by atoms with Crippen molar-refractivity contribution >= 4 is 23.2 Å². The molecule has 0 aromatic carbocycles. The van der Waals surface area contributed by atoms with Gasteiger partial charge in [0.25, 0.3) is 11.8 Å². The van der Waals surface area contributed by atoms with Crippen molar-refractivity contribution < 1.29 is 22.8 Å². The van der Waals surface area contributed by atoms with Gasteiger partial charge in [0.15, 0.2) is 0 Å². The van der Waals surface area contributed by atoms with Crippen LogP contribution in [0.15, 0.2) is 23.6 Å². The average Bonchev–Trinajstić information content (AvgIpc) is 3.30. The molecule has 3 heterocycles. The van der Waals surface area contributed by atoms with Crippen molar-refractivity contribution in [3.63, 3.8) is 0 Å². The van der Waals surface area contributed by atoms with Crippen LogP contribution in [0.3, 0.4) is 0 Å². The number of carbonyl (C=O) groups is 2. The Hall–Kier alpha value is -2.36. The van der Waals surface area contributed by atoms with Gasteiger partial charge in [0, 0.05) is 24.7 Å². The third kappa shape index (κ3) is 4.43. The first-order chi connectivity index (χ1) is 12.3. The van der Waals surface area contributed by atoms with Gasteiger partial charge in [0.05, 0.1) is 4.88 Å². The van der Waals surface area contributed by atoms with Gasteiger partial charge in [-0.25, -0.2) is 0 Å². The van der Waals surface area contributed by atoms with Crippen molar-refractivity contribution in [3.05, 3.63) is 39.8 Å². The van der Waals surface area contributed by atoms with Crippen LogP contribution >= 0.6 is 11.3 Å². The summed E-state index contributed by atoms with van der Waals surface area (Å²) in [6.07, 6.45) is -3.07. The lowest BCUT2D eigenvalue weighted by atomic mass is 9.93. The van der Waals surface area contributed by atoms with E-state index in [0.29, 0.717) is 36.5 Å². The minimum atomic E-state index is -4.46. The number of thiophene rings is 1.